The van der Waals surface area contributed by atoms with Crippen LogP contribution in [-0.2, 0) is 20.2 Å². The maximum absolute atomic E-state index is 13.9. The molecule has 0 spiro atoms. The predicted octanol–water partition coefficient (Wildman–Crippen LogP) is 5.38. The predicted molar refractivity (Wildman–Crippen MR) is 87.5 cm³/mol. The Kier molecular flexibility index (Phi) is 6.34. The molecule has 2 aromatic carbocycles. The molecule has 1 unspecified atom stereocenters. The molecule has 0 aromatic heterocycles. The van der Waals surface area contributed by atoms with E-state index in [1.54, 1.807) is 44.2 Å². The molecule has 23 heavy (non-hydrogen) atoms. The Hall–Kier alpha value is -1.68. The van der Waals surface area contributed by atoms with Gasteiger partial charge in [-0.1, -0.05) is 31.2 Å². The first-order chi connectivity index (χ1) is 11.1. The Balaban J connectivity index is 2.09. The van der Waals surface area contributed by atoms with Crippen LogP contribution in [0.4, 0.5) is 4.39 Å². The first-order valence-electron chi connectivity index (χ1n) is 7.46. The van der Waals surface area contributed by atoms with Crippen LogP contribution < -0.4 is 4.74 Å². The van der Waals surface area contributed by atoms with E-state index < -0.39 is 13.4 Å². The molecule has 2 rings (SSSR count). The van der Waals surface area contributed by atoms with Gasteiger partial charge in [0.15, 0.2) is 11.6 Å². The maximum Gasteiger partial charge on any atom is 0.330 e. The number of rotatable bonds is 8. The molecule has 0 radical (unpaired) electrons. The molecule has 0 aliphatic heterocycles. The molecule has 2 aromatic rings. The summed E-state index contributed by atoms with van der Waals surface area (Å²) in [6, 6.07) is 13.3. The molecule has 0 aliphatic rings. The van der Waals surface area contributed by atoms with Crippen molar-refractivity contribution >= 4 is 7.60 Å². The van der Waals surface area contributed by atoms with Crippen molar-refractivity contribution in [2.45, 2.75) is 20.5 Å². The highest BCUT2D eigenvalue weighted by Gasteiger charge is 2.21. The van der Waals surface area contributed by atoms with Gasteiger partial charge in [-0.05, 0) is 36.8 Å². The van der Waals surface area contributed by atoms with Crippen LogP contribution in [0.25, 0.3) is 0 Å². The van der Waals surface area contributed by atoms with Crippen LogP contribution in [0.1, 0.15) is 19.4 Å². The minimum Gasteiger partial charge on any atom is -0.454 e. The molecule has 0 fully saturated rings. The topological polar surface area (TPSA) is 44.8 Å². The number of hydrogen-bond donors (Lipinski definition) is 0. The Morgan fingerprint density at radius 1 is 1.04 bits per heavy atom. The van der Waals surface area contributed by atoms with Gasteiger partial charge in [-0.2, -0.15) is 0 Å². The Labute approximate surface area is 135 Å². The highest BCUT2D eigenvalue weighted by Crippen LogP contribution is 2.48. The molecule has 0 aliphatic carbocycles. The zero-order valence-corrected chi connectivity index (χ0v) is 14.1. The molecule has 0 saturated carbocycles. The first kappa shape index (κ1) is 17.7. The lowest BCUT2D eigenvalue weighted by Crippen LogP contribution is -1.99. The normalized spacial score (nSPS) is 13.5. The van der Waals surface area contributed by atoms with Crippen molar-refractivity contribution in [2.24, 2.45) is 0 Å². The minimum absolute atomic E-state index is 0.0660. The zero-order chi connectivity index (χ0) is 16.7. The van der Waals surface area contributed by atoms with Gasteiger partial charge in [0, 0.05) is 6.16 Å². The third kappa shape index (κ3) is 5.17. The van der Waals surface area contributed by atoms with Crippen LogP contribution >= 0.6 is 7.60 Å². The van der Waals surface area contributed by atoms with E-state index >= 15 is 0 Å². The van der Waals surface area contributed by atoms with Crippen LogP contribution in [-0.4, -0.2) is 12.8 Å². The Morgan fingerprint density at radius 2 is 1.78 bits per heavy atom. The van der Waals surface area contributed by atoms with Crippen molar-refractivity contribution in [1.29, 1.82) is 0 Å². The Morgan fingerprint density at radius 3 is 2.43 bits per heavy atom. The van der Waals surface area contributed by atoms with E-state index in [0.29, 0.717) is 17.9 Å². The lowest BCUT2D eigenvalue weighted by Gasteiger charge is -2.16. The summed E-state index contributed by atoms with van der Waals surface area (Å²) in [6.45, 7) is 3.88. The summed E-state index contributed by atoms with van der Waals surface area (Å²) >= 11 is 0. The van der Waals surface area contributed by atoms with Crippen LogP contribution in [0.2, 0.25) is 0 Å². The fraction of sp³-hybridized carbons (Fsp3) is 0.294. The summed E-state index contributed by atoms with van der Waals surface area (Å²) in [7, 11) is -3.09. The van der Waals surface area contributed by atoms with Gasteiger partial charge in [-0.25, -0.2) is 4.39 Å². The molecule has 0 N–H and O–H groups in total. The van der Waals surface area contributed by atoms with Crippen molar-refractivity contribution in [3.05, 3.63) is 59.9 Å². The number of para-hydroxylation sites is 1. The maximum atomic E-state index is 13.9. The molecular formula is C17H20FO4P. The Bertz CT molecular complexity index is 676. The average Bonchev–Trinajstić information content (AvgIpc) is 2.57. The second-order valence-corrected chi connectivity index (χ2v) is 7.17. The third-order valence-corrected chi connectivity index (χ3v) is 5.06. The molecule has 0 saturated heterocycles. The van der Waals surface area contributed by atoms with Crippen molar-refractivity contribution in [2.75, 3.05) is 12.8 Å². The van der Waals surface area contributed by atoms with Gasteiger partial charge < -0.3 is 13.8 Å². The minimum atomic E-state index is -3.09. The van der Waals surface area contributed by atoms with E-state index in [9.17, 15) is 8.96 Å². The molecule has 0 amide bonds. The van der Waals surface area contributed by atoms with Gasteiger partial charge >= 0.3 is 7.60 Å². The SMILES string of the molecule is CCOP(=O)(CC)OCc1ccc(F)c(Oc2ccccc2)c1. The lowest BCUT2D eigenvalue weighted by atomic mass is 10.2. The van der Waals surface area contributed by atoms with Crippen molar-refractivity contribution in [3.63, 3.8) is 0 Å². The van der Waals surface area contributed by atoms with Crippen LogP contribution in [0, 0.1) is 5.82 Å². The van der Waals surface area contributed by atoms with Gasteiger partial charge in [0.05, 0.1) is 13.2 Å². The second kappa shape index (κ2) is 8.25. The summed E-state index contributed by atoms with van der Waals surface area (Å²) in [5.74, 6) is 0.166. The van der Waals surface area contributed by atoms with E-state index in [-0.39, 0.29) is 18.5 Å². The fourth-order valence-corrected chi connectivity index (χ4v) is 3.10. The summed E-state index contributed by atoms with van der Waals surface area (Å²) in [4.78, 5) is 0. The largest absolute Gasteiger partial charge is 0.454 e. The van der Waals surface area contributed by atoms with Crippen LogP contribution in [0.15, 0.2) is 48.5 Å². The number of halogens is 1. The monoisotopic (exact) mass is 338 g/mol. The van der Waals surface area contributed by atoms with Crippen molar-refractivity contribution in [3.8, 4) is 11.5 Å². The van der Waals surface area contributed by atoms with Gasteiger partial charge in [-0.3, -0.25) is 4.57 Å². The molecule has 1 atom stereocenters. The highest BCUT2D eigenvalue weighted by atomic mass is 31.2. The summed E-state index contributed by atoms with van der Waals surface area (Å²) in [5.41, 5.74) is 0.658. The molecular weight excluding hydrogens is 318 g/mol. The summed E-state index contributed by atoms with van der Waals surface area (Å²) < 4.78 is 42.2. The van der Waals surface area contributed by atoms with Gasteiger partial charge in [0.25, 0.3) is 0 Å². The second-order valence-electron chi connectivity index (χ2n) is 4.80. The molecule has 0 bridgehead atoms. The quantitative estimate of drug-likeness (QED) is 0.606. The molecule has 4 nitrogen and oxygen atoms in total. The summed E-state index contributed by atoms with van der Waals surface area (Å²) in [6.07, 6.45) is 0.287. The van der Waals surface area contributed by atoms with E-state index in [0.717, 1.165) is 0 Å². The first-order valence-corrected chi connectivity index (χ1v) is 9.18. The molecule has 124 valence electrons. The average molecular weight is 338 g/mol. The lowest BCUT2D eigenvalue weighted by molar-refractivity contribution is 0.205. The third-order valence-electron chi connectivity index (χ3n) is 3.11. The number of benzene rings is 2. The van der Waals surface area contributed by atoms with Gasteiger partial charge in [-0.15, -0.1) is 0 Å². The smallest absolute Gasteiger partial charge is 0.330 e. The van der Waals surface area contributed by atoms with Gasteiger partial charge in [0.2, 0.25) is 0 Å². The molecule has 6 heteroatoms. The van der Waals surface area contributed by atoms with Crippen LogP contribution in [0.3, 0.4) is 0 Å². The van der Waals surface area contributed by atoms with Crippen LogP contribution in [0.5, 0.6) is 11.5 Å². The van der Waals surface area contributed by atoms with E-state index in [1.807, 2.05) is 6.07 Å². The van der Waals surface area contributed by atoms with E-state index in [1.165, 1.54) is 12.1 Å². The van der Waals surface area contributed by atoms with Crippen molar-refractivity contribution < 1.29 is 22.7 Å². The molecule has 0 heterocycles. The van der Waals surface area contributed by atoms with Gasteiger partial charge in [0.1, 0.15) is 5.75 Å². The fourth-order valence-electron chi connectivity index (χ4n) is 1.92. The number of hydrogen-bond acceptors (Lipinski definition) is 4. The number of ether oxygens (including phenoxy) is 1. The highest BCUT2D eigenvalue weighted by molar-refractivity contribution is 7.53. The van der Waals surface area contributed by atoms with Crippen molar-refractivity contribution in [1.82, 2.24) is 0 Å². The standard InChI is InChI=1S/C17H20FO4P/c1-3-20-23(19,4-2)21-13-14-10-11-16(18)17(12-14)22-15-8-6-5-7-9-15/h5-12H,3-4,13H2,1-2H3. The summed E-state index contributed by atoms with van der Waals surface area (Å²) in [5, 5.41) is 0. The van der Waals surface area contributed by atoms with E-state index in [4.69, 9.17) is 13.8 Å². The van der Waals surface area contributed by atoms with E-state index in [2.05, 4.69) is 0 Å². The zero-order valence-electron chi connectivity index (χ0n) is 13.2.